The minimum Gasteiger partial charge on any atom is -1.00 e. The van der Waals surface area contributed by atoms with Gasteiger partial charge in [-0.2, -0.15) is 0 Å². The first kappa shape index (κ1) is 27.5. The molecule has 173 valence electrons. The van der Waals surface area contributed by atoms with Crippen molar-refractivity contribution in [1.82, 2.24) is 4.57 Å². The topological polar surface area (TPSA) is 8.81 Å². The largest absolute Gasteiger partial charge is 1.00 e. The summed E-state index contributed by atoms with van der Waals surface area (Å²) in [5.74, 6) is 1.92. The van der Waals surface area contributed by atoms with Crippen molar-refractivity contribution in [1.29, 1.82) is 0 Å². The zero-order chi connectivity index (χ0) is 21.3. The predicted molar refractivity (Wildman–Crippen MR) is 124 cm³/mol. The fraction of sp³-hybridized carbons (Fsp3) is 0.444. The van der Waals surface area contributed by atoms with Crippen LogP contribution in [-0.4, -0.2) is 4.57 Å². The van der Waals surface area contributed by atoms with E-state index >= 15 is 0 Å². The second kappa shape index (κ2) is 11.4. The number of para-hydroxylation sites is 2. The monoisotopic (exact) mass is 487 g/mol. The Morgan fingerprint density at radius 1 is 0.645 bits per heavy atom. The van der Waals surface area contributed by atoms with Gasteiger partial charge in [0, 0.05) is 39.3 Å². The SMILES string of the molecule is CC(C)c1cccc(C(C)C)c1-n1cc[n+](-c2c(C(C)C)cccc2C(C)C)c1.[Cl-].[Cu]. The molecular weight excluding hydrogens is 451 g/mol. The van der Waals surface area contributed by atoms with Crippen molar-refractivity contribution < 1.29 is 34.0 Å². The summed E-state index contributed by atoms with van der Waals surface area (Å²) in [6, 6.07) is 13.5. The quantitative estimate of drug-likeness (QED) is 0.363. The number of hydrogen-bond donors (Lipinski definition) is 0. The molecular formula is C27H37ClCuN2. The molecule has 0 aliphatic carbocycles. The first-order valence-corrected chi connectivity index (χ1v) is 11.1. The predicted octanol–water partition coefficient (Wildman–Crippen LogP) is 4.25. The molecule has 0 fully saturated rings. The number of halogens is 1. The molecule has 0 N–H and O–H groups in total. The van der Waals surface area contributed by atoms with E-state index in [1.165, 1.54) is 33.6 Å². The van der Waals surface area contributed by atoms with Gasteiger partial charge >= 0.3 is 0 Å². The van der Waals surface area contributed by atoms with Gasteiger partial charge in [0.25, 0.3) is 6.33 Å². The maximum Gasteiger partial charge on any atom is 0.254 e. The number of benzene rings is 2. The fourth-order valence-electron chi connectivity index (χ4n) is 4.24. The van der Waals surface area contributed by atoms with Crippen molar-refractivity contribution in [3.8, 4) is 11.4 Å². The third-order valence-electron chi connectivity index (χ3n) is 5.84. The Labute approximate surface area is 206 Å². The fourth-order valence-corrected chi connectivity index (χ4v) is 4.24. The molecule has 0 aliphatic rings. The molecule has 0 spiro atoms. The smallest absolute Gasteiger partial charge is 0.254 e. The maximum atomic E-state index is 2.33. The van der Waals surface area contributed by atoms with Crippen LogP contribution < -0.4 is 17.0 Å². The molecule has 4 heteroatoms. The average Bonchev–Trinajstić information content (AvgIpc) is 3.15. The van der Waals surface area contributed by atoms with Gasteiger partial charge in [-0.15, -0.1) is 0 Å². The van der Waals surface area contributed by atoms with Gasteiger partial charge in [0.2, 0.25) is 0 Å². The Morgan fingerprint density at radius 3 is 1.42 bits per heavy atom. The zero-order valence-corrected chi connectivity index (χ0v) is 21.8. The number of rotatable bonds is 6. The van der Waals surface area contributed by atoms with E-state index in [1.54, 1.807) is 0 Å². The number of imidazole rings is 1. The molecule has 1 heterocycles. The van der Waals surface area contributed by atoms with Gasteiger partial charge in [-0.3, -0.25) is 0 Å². The summed E-state index contributed by atoms with van der Waals surface area (Å²) < 4.78 is 4.65. The van der Waals surface area contributed by atoms with E-state index in [2.05, 4.69) is 120 Å². The van der Waals surface area contributed by atoms with Gasteiger partial charge in [-0.05, 0) is 23.7 Å². The van der Waals surface area contributed by atoms with Crippen LogP contribution in [0, 0.1) is 0 Å². The van der Waals surface area contributed by atoms with Crippen LogP contribution in [0.1, 0.15) is 101 Å². The molecule has 3 aromatic rings. The summed E-state index contributed by atoms with van der Waals surface area (Å²) in [6.45, 7) is 18.3. The summed E-state index contributed by atoms with van der Waals surface area (Å²) in [4.78, 5) is 0. The van der Waals surface area contributed by atoms with Crippen molar-refractivity contribution >= 4 is 0 Å². The molecule has 0 unspecified atom stereocenters. The molecule has 1 aromatic heterocycles. The van der Waals surface area contributed by atoms with Crippen LogP contribution >= 0.6 is 0 Å². The summed E-state index contributed by atoms with van der Waals surface area (Å²) >= 11 is 0. The second-order valence-electron chi connectivity index (χ2n) is 9.42. The maximum absolute atomic E-state index is 2.33. The van der Waals surface area contributed by atoms with E-state index in [4.69, 9.17) is 0 Å². The van der Waals surface area contributed by atoms with E-state index in [0.29, 0.717) is 23.7 Å². The Bertz CT molecular complexity index is 856. The number of aromatic nitrogens is 2. The van der Waals surface area contributed by atoms with Gasteiger partial charge < -0.3 is 12.4 Å². The normalized spacial score (nSPS) is 11.2. The molecule has 0 saturated heterocycles. The van der Waals surface area contributed by atoms with Crippen molar-refractivity contribution in [2.24, 2.45) is 0 Å². The van der Waals surface area contributed by atoms with Crippen LogP contribution in [0.3, 0.4) is 0 Å². The van der Waals surface area contributed by atoms with Crippen molar-refractivity contribution in [2.75, 3.05) is 0 Å². The molecule has 0 bridgehead atoms. The first-order valence-electron chi connectivity index (χ1n) is 11.1. The molecule has 0 saturated carbocycles. The zero-order valence-electron chi connectivity index (χ0n) is 20.1. The van der Waals surface area contributed by atoms with Crippen LogP contribution in [0.15, 0.2) is 55.1 Å². The molecule has 3 rings (SSSR count). The minimum absolute atomic E-state index is 0. The van der Waals surface area contributed by atoms with Gasteiger partial charge in [0.15, 0.2) is 0 Å². The van der Waals surface area contributed by atoms with Gasteiger partial charge in [-0.25, -0.2) is 9.13 Å². The van der Waals surface area contributed by atoms with Crippen LogP contribution in [0.2, 0.25) is 0 Å². The Hall–Kier alpha value is -1.54. The van der Waals surface area contributed by atoms with Gasteiger partial charge in [0.05, 0.1) is 0 Å². The Kier molecular flexibility index (Phi) is 10.1. The third-order valence-corrected chi connectivity index (χ3v) is 5.84. The second-order valence-corrected chi connectivity index (χ2v) is 9.42. The van der Waals surface area contributed by atoms with E-state index in [1.807, 2.05) is 0 Å². The van der Waals surface area contributed by atoms with Crippen LogP contribution in [-0.2, 0) is 17.1 Å². The van der Waals surface area contributed by atoms with E-state index in [0.717, 1.165) is 0 Å². The van der Waals surface area contributed by atoms with Crippen LogP contribution in [0.5, 0.6) is 0 Å². The summed E-state index contributed by atoms with van der Waals surface area (Å²) in [5.41, 5.74) is 8.29. The molecule has 2 aromatic carbocycles. The molecule has 31 heavy (non-hydrogen) atoms. The van der Waals surface area contributed by atoms with Crippen molar-refractivity contribution in [3.63, 3.8) is 0 Å². The minimum atomic E-state index is 0. The van der Waals surface area contributed by atoms with Crippen molar-refractivity contribution in [2.45, 2.75) is 79.1 Å². The summed E-state index contributed by atoms with van der Waals surface area (Å²) in [6.07, 6.45) is 6.70. The van der Waals surface area contributed by atoms with E-state index in [-0.39, 0.29) is 29.5 Å². The van der Waals surface area contributed by atoms with E-state index < -0.39 is 0 Å². The van der Waals surface area contributed by atoms with Crippen LogP contribution in [0.25, 0.3) is 11.4 Å². The Balaban J connectivity index is 0.00000240. The van der Waals surface area contributed by atoms with Crippen LogP contribution in [0.4, 0.5) is 0 Å². The van der Waals surface area contributed by atoms with Gasteiger partial charge in [0.1, 0.15) is 23.8 Å². The average molecular weight is 489 g/mol. The standard InChI is InChI=1S/C27H37N2.ClH.Cu/c1-18(2)22-11-9-12-23(19(3)4)26(22)28-15-16-29(17-28)27-24(20(5)6)13-10-14-25(27)21(7)8;;/h9-21H,1-8H3;1H;/q+1;;/p-1. The third kappa shape index (κ3) is 5.64. The van der Waals surface area contributed by atoms with Crippen molar-refractivity contribution in [3.05, 3.63) is 77.4 Å². The summed E-state index contributed by atoms with van der Waals surface area (Å²) in [5, 5.41) is 0. The molecule has 0 amide bonds. The number of nitrogens with zero attached hydrogens (tertiary/aromatic N) is 2. The molecule has 0 aliphatic heterocycles. The van der Waals surface area contributed by atoms with E-state index in [9.17, 15) is 0 Å². The summed E-state index contributed by atoms with van der Waals surface area (Å²) in [7, 11) is 0. The first-order chi connectivity index (χ1) is 13.7. The van der Waals surface area contributed by atoms with Gasteiger partial charge in [-0.1, -0.05) is 91.8 Å². The molecule has 0 atom stereocenters. The Morgan fingerprint density at radius 2 is 1.03 bits per heavy atom. The number of hydrogen-bond acceptors (Lipinski definition) is 0. The molecule has 2 nitrogen and oxygen atoms in total. The molecule has 1 radical (unpaired) electrons.